The highest BCUT2D eigenvalue weighted by Gasteiger charge is 2.13. The standard InChI is InChI=1S/C3H7NO4S.H2O/c4-2(3(5)6)1-9(7)8;/h2H,1,4H2,(H,5,6)(H,7,8);1H2/t2-;/m1./s1. The topological polar surface area (TPSA) is 132 Å². The number of hydrogen-bond donors (Lipinski definition) is 3. The van der Waals surface area contributed by atoms with Gasteiger partial charge in [0.15, 0.2) is 11.1 Å². The Kier molecular flexibility index (Phi) is 6.46. The molecule has 62 valence electrons. The van der Waals surface area contributed by atoms with Crippen LogP contribution in [-0.4, -0.2) is 37.1 Å². The molecule has 0 amide bonds. The zero-order chi connectivity index (χ0) is 7.44. The molecule has 0 heterocycles. The van der Waals surface area contributed by atoms with Gasteiger partial charge in [-0.2, -0.15) is 0 Å². The quantitative estimate of drug-likeness (QED) is 0.414. The Labute approximate surface area is 59.6 Å². The summed E-state index contributed by atoms with van der Waals surface area (Å²) < 4.78 is 18.0. The summed E-state index contributed by atoms with van der Waals surface area (Å²) >= 11 is -2.12. The van der Waals surface area contributed by atoms with E-state index in [2.05, 4.69) is 0 Å². The van der Waals surface area contributed by atoms with Crippen LogP contribution < -0.4 is 5.73 Å². The molecule has 10 heavy (non-hydrogen) atoms. The van der Waals surface area contributed by atoms with Crippen LogP contribution in [0.5, 0.6) is 0 Å². The first-order valence-electron chi connectivity index (χ1n) is 2.10. The van der Waals surface area contributed by atoms with Gasteiger partial charge in [-0.3, -0.25) is 4.79 Å². The van der Waals surface area contributed by atoms with Crippen LogP contribution >= 0.6 is 0 Å². The minimum absolute atomic E-state index is 0. The van der Waals surface area contributed by atoms with Crippen molar-refractivity contribution in [1.82, 2.24) is 0 Å². The van der Waals surface area contributed by atoms with Gasteiger partial charge in [0.2, 0.25) is 0 Å². The summed E-state index contributed by atoms with van der Waals surface area (Å²) in [7, 11) is 0. The van der Waals surface area contributed by atoms with E-state index in [1.165, 1.54) is 0 Å². The third-order valence-corrected chi connectivity index (χ3v) is 1.28. The third-order valence-electron chi connectivity index (χ3n) is 0.639. The Hall–Kier alpha value is -0.500. The van der Waals surface area contributed by atoms with E-state index in [0.29, 0.717) is 0 Å². The summed E-state index contributed by atoms with van der Waals surface area (Å²) in [6.45, 7) is 0. The first-order chi connectivity index (χ1) is 4.04. The van der Waals surface area contributed by atoms with Crippen molar-refractivity contribution in [3.05, 3.63) is 0 Å². The van der Waals surface area contributed by atoms with Crippen LogP contribution in [0.3, 0.4) is 0 Å². The van der Waals surface area contributed by atoms with Crippen LogP contribution in [0.15, 0.2) is 0 Å². The fourth-order valence-electron chi connectivity index (χ4n) is 0.225. The van der Waals surface area contributed by atoms with Crippen molar-refractivity contribution in [2.75, 3.05) is 5.75 Å². The van der Waals surface area contributed by atoms with Gasteiger partial charge in [-0.15, -0.1) is 0 Å². The van der Waals surface area contributed by atoms with Crippen LogP contribution in [0.4, 0.5) is 0 Å². The van der Waals surface area contributed by atoms with Crippen LogP contribution in [0.1, 0.15) is 0 Å². The average molecular weight is 171 g/mol. The summed E-state index contributed by atoms with van der Waals surface area (Å²) in [6, 6.07) is -1.24. The monoisotopic (exact) mass is 171 g/mol. The molecule has 0 fully saturated rings. The van der Waals surface area contributed by atoms with Crippen molar-refractivity contribution >= 4 is 17.0 Å². The lowest BCUT2D eigenvalue weighted by atomic mass is 10.4. The molecule has 0 spiro atoms. The number of carboxylic acid groups (broad SMARTS) is 1. The molecule has 0 saturated heterocycles. The fraction of sp³-hybridized carbons (Fsp3) is 0.667. The lowest BCUT2D eigenvalue weighted by Crippen LogP contribution is -2.35. The van der Waals surface area contributed by atoms with Crippen molar-refractivity contribution in [1.29, 1.82) is 0 Å². The maximum atomic E-state index is 9.88. The highest BCUT2D eigenvalue weighted by atomic mass is 32.2. The van der Waals surface area contributed by atoms with E-state index < -0.39 is 28.8 Å². The first kappa shape index (κ1) is 12.2. The van der Waals surface area contributed by atoms with Crippen molar-refractivity contribution in [3.63, 3.8) is 0 Å². The minimum atomic E-state index is -2.12. The van der Waals surface area contributed by atoms with E-state index in [1.807, 2.05) is 0 Å². The predicted molar refractivity (Wildman–Crippen MR) is 34.9 cm³/mol. The van der Waals surface area contributed by atoms with Gasteiger partial charge in [0, 0.05) is 0 Å². The second-order valence-electron chi connectivity index (χ2n) is 1.43. The molecule has 0 rings (SSSR count). The summed E-state index contributed by atoms with van der Waals surface area (Å²) in [5, 5.41) is 8.06. The van der Waals surface area contributed by atoms with Gasteiger partial charge in [-0.25, -0.2) is 4.21 Å². The molecular formula is C3H9NO5S. The molecular weight excluding hydrogens is 162 g/mol. The molecule has 0 radical (unpaired) electrons. The lowest BCUT2D eigenvalue weighted by molar-refractivity contribution is -0.137. The minimum Gasteiger partial charge on any atom is -0.480 e. The average Bonchev–Trinajstić information content (AvgIpc) is 1.63. The Morgan fingerprint density at radius 1 is 1.70 bits per heavy atom. The second-order valence-corrected chi connectivity index (χ2v) is 2.41. The molecule has 6 nitrogen and oxygen atoms in total. The normalized spacial score (nSPS) is 15.0. The Morgan fingerprint density at radius 3 is 2.20 bits per heavy atom. The highest BCUT2D eigenvalue weighted by molar-refractivity contribution is 7.79. The SMILES string of the molecule is N[C@H](CS(=O)O)C(=O)O.O. The van der Waals surface area contributed by atoms with Crippen LogP contribution in [0.2, 0.25) is 0 Å². The molecule has 1 unspecified atom stereocenters. The zero-order valence-corrected chi connectivity index (χ0v) is 5.80. The largest absolute Gasteiger partial charge is 0.480 e. The fourth-order valence-corrected chi connectivity index (χ4v) is 0.675. The van der Waals surface area contributed by atoms with Crippen molar-refractivity contribution in [2.24, 2.45) is 5.73 Å². The van der Waals surface area contributed by atoms with Crippen molar-refractivity contribution < 1.29 is 24.1 Å². The van der Waals surface area contributed by atoms with Crippen LogP contribution in [0, 0.1) is 0 Å². The summed E-state index contributed by atoms with van der Waals surface area (Å²) in [4.78, 5) is 9.86. The predicted octanol–water partition coefficient (Wildman–Crippen LogP) is -2.20. The van der Waals surface area contributed by atoms with Crippen molar-refractivity contribution in [2.45, 2.75) is 6.04 Å². The number of hydrogen-bond acceptors (Lipinski definition) is 3. The smallest absolute Gasteiger partial charge is 0.321 e. The molecule has 0 aliphatic carbocycles. The zero-order valence-electron chi connectivity index (χ0n) is 4.98. The highest BCUT2D eigenvalue weighted by Crippen LogP contribution is 1.81. The van der Waals surface area contributed by atoms with Gasteiger partial charge < -0.3 is 20.9 Å². The molecule has 0 aliphatic rings. The molecule has 0 aliphatic heterocycles. The molecule has 0 aromatic heterocycles. The van der Waals surface area contributed by atoms with Gasteiger partial charge in [0.05, 0.1) is 5.75 Å². The number of carbonyl (C=O) groups is 1. The van der Waals surface area contributed by atoms with Gasteiger partial charge in [-0.1, -0.05) is 0 Å². The molecule has 7 heteroatoms. The van der Waals surface area contributed by atoms with E-state index in [0.717, 1.165) is 0 Å². The van der Waals surface area contributed by atoms with Crippen LogP contribution in [-0.2, 0) is 15.9 Å². The number of rotatable bonds is 3. The second kappa shape index (κ2) is 5.30. The molecule has 2 atom stereocenters. The lowest BCUT2D eigenvalue weighted by Gasteiger charge is -1.99. The van der Waals surface area contributed by atoms with E-state index in [4.69, 9.17) is 15.4 Å². The third kappa shape index (κ3) is 5.63. The molecule has 6 N–H and O–H groups in total. The maximum absolute atomic E-state index is 9.88. The van der Waals surface area contributed by atoms with Crippen LogP contribution in [0.25, 0.3) is 0 Å². The summed E-state index contributed by atoms with van der Waals surface area (Å²) in [5.41, 5.74) is 4.86. The number of carboxylic acids is 1. The first-order valence-corrected chi connectivity index (χ1v) is 3.37. The molecule has 0 aromatic carbocycles. The molecule has 0 saturated carbocycles. The van der Waals surface area contributed by atoms with Gasteiger partial charge in [0.25, 0.3) is 0 Å². The van der Waals surface area contributed by atoms with E-state index in [9.17, 15) is 9.00 Å². The number of aliphatic carboxylic acids is 1. The van der Waals surface area contributed by atoms with E-state index in [-0.39, 0.29) is 5.48 Å². The van der Waals surface area contributed by atoms with Gasteiger partial charge in [0.1, 0.15) is 6.04 Å². The van der Waals surface area contributed by atoms with Gasteiger partial charge >= 0.3 is 5.97 Å². The number of nitrogens with two attached hydrogens (primary N) is 1. The molecule has 0 aromatic rings. The Bertz CT molecular complexity index is 137. The molecule has 0 bridgehead atoms. The van der Waals surface area contributed by atoms with E-state index >= 15 is 0 Å². The maximum Gasteiger partial charge on any atom is 0.321 e. The van der Waals surface area contributed by atoms with E-state index in [1.54, 1.807) is 0 Å². The van der Waals surface area contributed by atoms with Gasteiger partial charge in [-0.05, 0) is 0 Å². The van der Waals surface area contributed by atoms with Crippen molar-refractivity contribution in [3.8, 4) is 0 Å². The Morgan fingerprint density at radius 2 is 2.10 bits per heavy atom. The Balaban J connectivity index is 0. The summed E-state index contributed by atoms with van der Waals surface area (Å²) in [5.74, 6) is -1.69. The summed E-state index contributed by atoms with van der Waals surface area (Å²) in [6.07, 6.45) is 0.